The molecular formula is C10H9N2O3S. The Morgan fingerprint density at radius 2 is 1.94 bits per heavy atom. The van der Waals surface area contributed by atoms with Gasteiger partial charge >= 0.3 is 0 Å². The quantitative estimate of drug-likeness (QED) is 0.876. The van der Waals surface area contributed by atoms with Gasteiger partial charge in [-0.1, -0.05) is 0 Å². The Hall–Kier alpha value is -1.66. The van der Waals surface area contributed by atoms with Crippen LogP contribution in [0, 0.1) is 7.05 Å². The number of nitrogens with zero attached hydrogens (tertiary/aromatic N) is 1. The van der Waals surface area contributed by atoms with E-state index in [0.29, 0.717) is 5.76 Å². The molecule has 1 aromatic carbocycles. The van der Waals surface area contributed by atoms with Gasteiger partial charge in [0.15, 0.2) is 12.2 Å². The van der Waals surface area contributed by atoms with Crippen molar-refractivity contribution in [1.29, 1.82) is 0 Å². The standard InChI is InChI=1S/C10H9N2O3S/c1-11-16(13,14)9-4-2-8(3-5-9)10-6-12-7-15-10/h2-7,11H,1H2. The van der Waals surface area contributed by atoms with E-state index in [-0.39, 0.29) is 4.90 Å². The Kier molecular flexibility index (Phi) is 2.76. The third kappa shape index (κ3) is 1.98. The van der Waals surface area contributed by atoms with Gasteiger partial charge in [0, 0.05) is 12.6 Å². The fraction of sp³-hybridized carbons (Fsp3) is 0. The Labute approximate surface area is 93.2 Å². The molecule has 1 radical (unpaired) electrons. The first-order chi connectivity index (χ1) is 7.63. The molecule has 0 bridgehead atoms. The number of sulfonamides is 1. The van der Waals surface area contributed by atoms with Crippen LogP contribution in [-0.2, 0) is 10.0 Å². The van der Waals surface area contributed by atoms with Crippen LogP contribution in [0.1, 0.15) is 0 Å². The van der Waals surface area contributed by atoms with Gasteiger partial charge in [0.1, 0.15) is 0 Å². The molecule has 6 heteroatoms. The van der Waals surface area contributed by atoms with E-state index in [9.17, 15) is 8.42 Å². The lowest BCUT2D eigenvalue weighted by molar-refractivity contribution is 0.571. The Balaban J connectivity index is 2.38. The van der Waals surface area contributed by atoms with Crippen molar-refractivity contribution in [3.63, 3.8) is 0 Å². The molecule has 16 heavy (non-hydrogen) atoms. The first-order valence-corrected chi connectivity index (χ1v) is 5.89. The van der Waals surface area contributed by atoms with Crippen molar-refractivity contribution >= 4 is 10.0 Å². The normalized spacial score (nSPS) is 11.6. The maximum Gasteiger partial charge on any atom is 0.240 e. The SMILES string of the molecule is [CH2]NS(=O)(=O)c1ccc(-c2cnco2)cc1. The predicted octanol–water partition coefficient (Wildman–Crippen LogP) is 1.41. The van der Waals surface area contributed by atoms with Crippen molar-refractivity contribution in [2.75, 3.05) is 0 Å². The molecule has 1 aromatic heterocycles. The summed E-state index contributed by atoms with van der Waals surface area (Å²) in [5.74, 6) is 0.589. The predicted molar refractivity (Wildman–Crippen MR) is 57.6 cm³/mol. The second-order valence-corrected chi connectivity index (χ2v) is 4.80. The van der Waals surface area contributed by atoms with Crippen LogP contribution in [0.2, 0.25) is 0 Å². The van der Waals surface area contributed by atoms with Crippen molar-refractivity contribution in [2.45, 2.75) is 4.90 Å². The van der Waals surface area contributed by atoms with Gasteiger partial charge in [0.05, 0.1) is 11.1 Å². The minimum absolute atomic E-state index is 0.158. The van der Waals surface area contributed by atoms with Crippen molar-refractivity contribution in [2.24, 2.45) is 0 Å². The van der Waals surface area contributed by atoms with Gasteiger partial charge in [-0.3, -0.25) is 0 Å². The van der Waals surface area contributed by atoms with Gasteiger partial charge in [0.25, 0.3) is 0 Å². The maximum absolute atomic E-state index is 11.4. The van der Waals surface area contributed by atoms with E-state index < -0.39 is 10.0 Å². The second kappa shape index (κ2) is 4.07. The lowest BCUT2D eigenvalue weighted by atomic mass is 10.2. The monoisotopic (exact) mass is 237 g/mol. The van der Waals surface area contributed by atoms with Crippen LogP contribution in [0.4, 0.5) is 0 Å². The molecule has 0 unspecified atom stereocenters. The van der Waals surface area contributed by atoms with Crippen LogP contribution in [0.5, 0.6) is 0 Å². The van der Waals surface area contributed by atoms with E-state index in [4.69, 9.17) is 4.42 Å². The molecule has 0 spiro atoms. The Morgan fingerprint density at radius 1 is 1.25 bits per heavy atom. The molecule has 0 aliphatic rings. The Morgan fingerprint density at radius 3 is 2.44 bits per heavy atom. The fourth-order valence-electron chi connectivity index (χ4n) is 1.24. The molecule has 0 aliphatic carbocycles. The van der Waals surface area contributed by atoms with Crippen LogP contribution >= 0.6 is 0 Å². The highest BCUT2D eigenvalue weighted by Crippen LogP contribution is 2.20. The largest absolute Gasteiger partial charge is 0.444 e. The number of rotatable bonds is 3. The van der Waals surface area contributed by atoms with E-state index in [1.807, 2.05) is 4.72 Å². The summed E-state index contributed by atoms with van der Waals surface area (Å²) in [6.07, 6.45) is 2.88. The summed E-state index contributed by atoms with van der Waals surface area (Å²) in [6, 6.07) is 6.24. The summed E-state index contributed by atoms with van der Waals surface area (Å²) in [5, 5.41) is 0. The van der Waals surface area contributed by atoms with Gasteiger partial charge in [-0.2, -0.15) is 0 Å². The molecule has 83 valence electrons. The zero-order chi connectivity index (χ0) is 11.6. The molecule has 0 amide bonds. The van der Waals surface area contributed by atoms with Crippen molar-refractivity contribution in [1.82, 2.24) is 9.71 Å². The Bertz CT molecular complexity index is 559. The zero-order valence-corrected chi connectivity index (χ0v) is 9.07. The van der Waals surface area contributed by atoms with E-state index in [2.05, 4.69) is 12.0 Å². The highest BCUT2D eigenvalue weighted by Gasteiger charge is 2.11. The fourth-order valence-corrected chi connectivity index (χ4v) is 1.90. The highest BCUT2D eigenvalue weighted by atomic mass is 32.2. The lowest BCUT2D eigenvalue weighted by Gasteiger charge is -2.02. The topological polar surface area (TPSA) is 72.2 Å². The molecule has 5 nitrogen and oxygen atoms in total. The summed E-state index contributed by atoms with van der Waals surface area (Å²) >= 11 is 0. The number of hydrogen-bond donors (Lipinski definition) is 1. The molecule has 2 rings (SSSR count). The van der Waals surface area contributed by atoms with Crippen molar-refractivity contribution in [3.8, 4) is 11.3 Å². The summed E-state index contributed by atoms with van der Waals surface area (Å²) in [4.78, 5) is 3.94. The molecule has 2 aromatic rings. The maximum atomic E-state index is 11.4. The number of aromatic nitrogens is 1. The van der Waals surface area contributed by atoms with Gasteiger partial charge in [-0.05, 0) is 24.3 Å². The summed E-state index contributed by atoms with van der Waals surface area (Å²) in [6.45, 7) is 0. The molecular weight excluding hydrogens is 228 g/mol. The number of benzene rings is 1. The average Bonchev–Trinajstić information content (AvgIpc) is 2.83. The minimum atomic E-state index is -3.49. The van der Waals surface area contributed by atoms with E-state index in [1.165, 1.54) is 18.5 Å². The third-order valence-corrected chi connectivity index (χ3v) is 3.34. The lowest BCUT2D eigenvalue weighted by Crippen LogP contribution is -2.16. The smallest absolute Gasteiger partial charge is 0.240 e. The first kappa shape index (κ1) is 10.8. The summed E-state index contributed by atoms with van der Waals surface area (Å²) < 4.78 is 29.9. The van der Waals surface area contributed by atoms with Gasteiger partial charge in [-0.15, -0.1) is 0 Å². The van der Waals surface area contributed by atoms with Crippen LogP contribution < -0.4 is 4.72 Å². The van der Waals surface area contributed by atoms with Gasteiger partial charge in [-0.25, -0.2) is 18.1 Å². The molecule has 0 fully saturated rings. The third-order valence-electron chi connectivity index (χ3n) is 2.07. The number of oxazole rings is 1. The van der Waals surface area contributed by atoms with Gasteiger partial charge in [0.2, 0.25) is 10.0 Å². The van der Waals surface area contributed by atoms with Crippen LogP contribution in [0.25, 0.3) is 11.3 Å². The molecule has 0 atom stereocenters. The average molecular weight is 237 g/mol. The van der Waals surface area contributed by atoms with Crippen LogP contribution in [0.3, 0.4) is 0 Å². The molecule has 0 aliphatic heterocycles. The van der Waals surface area contributed by atoms with Crippen LogP contribution in [0.15, 0.2) is 46.2 Å². The summed E-state index contributed by atoms with van der Waals surface area (Å²) in [7, 11) is -0.352. The van der Waals surface area contributed by atoms with Crippen molar-refractivity contribution < 1.29 is 12.8 Å². The molecule has 1 heterocycles. The van der Waals surface area contributed by atoms with E-state index in [0.717, 1.165) is 5.56 Å². The number of nitrogens with one attached hydrogen (secondary N) is 1. The number of hydrogen-bond acceptors (Lipinski definition) is 4. The van der Waals surface area contributed by atoms with Crippen LogP contribution in [-0.4, -0.2) is 13.4 Å². The summed E-state index contributed by atoms with van der Waals surface area (Å²) in [5.41, 5.74) is 0.764. The van der Waals surface area contributed by atoms with Crippen molar-refractivity contribution in [3.05, 3.63) is 43.9 Å². The van der Waals surface area contributed by atoms with E-state index >= 15 is 0 Å². The molecule has 0 saturated carbocycles. The van der Waals surface area contributed by atoms with E-state index in [1.54, 1.807) is 18.3 Å². The first-order valence-electron chi connectivity index (χ1n) is 4.41. The molecule has 1 N–H and O–H groups in total. The van der Waals surface area contributed by atoms with Gasteiger partial charge < -0.3 is 4.42 Å². The second-order valence-electron chi connectivity index (χ2n) is 3.04. The zero-order valence-electron chi connectivity index (χ0n) is 8.25. The highest BCUT2D eigenvalue weighted by molar-refractivity contribution is 7.89. The minimum Gasteiger partial charge on any atom is -0.444 e. The molecule has 0 saturated heterocycles.